The summed E-state index contributed by atoms with van der Waals surface area (Å²) in [6, 6.07) is 0. The Morgan fingerprint density at radius 3 is 3.27 bits per heavy atom. The lowest BCUT2D eigenvalue weighted by molar-refractivity contribution is 0.638. The molecule has 1 nitrogen and oxygen atoms in total. The summed E-state index contributed by atoms with van der Waals surface area (Å²) in [5.74, 6) is 0.729. The van der Waals surface area contributed by atoms with Crippen LogP contribution in [0.4, 0.5) is 0 Å². The van der Waals surface area contributed by atoms with Crippen LogP contribution in [0.5, 0.6) is 0 Å². The van der Waals surface area contributed by atoms with Crippen LogP contribution in [0.3, 0.4) is 0 Å². The Bertz CT molecular complexity index is 242. The highest BCUT2D eigenvalue weighted by molar-refractivity contribution is 5.63. The zero-order valence-electron chi connectivity index (χ0n) is 6.88. The first-order valence-electron chi connectivity index (χ1n) is 4.30. The molecular formula is C10H13N. The van der Waals surface area contributed by atoms with Crippen LogP contribution in [-0.4, -0.2) is 6.21 Å². The standard InChI is InChI=1S/C10H13N/c1-8-4-2-6-10-9(8)5-3-7-11-10/h2,6-8H,3-5H2,1H3. The second-order valence-corrected chi connectivity index (χ2v) is 3.30. The number of allylic oxidation sites excluding steroid dienone is 3. The smallest absolute Gasteiger partial charge is 0.0617 e. The molecule has 1 heterocycles. The molecule has 0 spiro atoms. The van der Waals surface area contributed by atoms with Gasteiger partial charge >= 0.3 is 0 Å². The monoisotopic (exact) mass is 147 g/mol. The van der Waals surface area contributed by atoms with Crippen molar-refractivity contribution in [3.05, 3.63) is 23.4 Å². The summed E-state index contributed by atoms with van der Waals surface area (Å²) < 4.78 is 0. The summed E-state index contributed by atoms with van der Waals surface area (Å²) in [5.41, 5.74) is 2.80. The van der Waals surface area contributed by atoms with Gasteiger partial charge in [0.25, 0.3) is 0 Å². The van der Waals surface area contributed by atoms with Crippen molar-refractivity contribution >= 4 is 6.21 Å². The Morgan fingerprint density at radius 2 is 2.45 bits per heavy atom. The molecule has 2 aliphatic rings. The molecule has 1 aliphatic heterocycles. The predicted molar refractivity (Wildman–Crippen MR) is 47.7 cm³/mol. The quantitative estimate of drug-likeness (QED) is 0.499. The molecular weight excluding hydrogens is 134 g/mol. The van der Waals surface area contributed by atoms with E-state index in [4.69, 9.17) is 0 Å². The van der Waals surface area contributed by atoms with Gasteiger partial charge in [0.05, 0.1) is 5.70 Å². The van der Waals surface area contributed by atoms with Crippen molar-refractivity contribution in [1.82, 2.24) is 0 Å². The van der Waals surface area contributed by atoms with Crippen LogP contribution < -0.4 is 0 Å². The minimum absolute atomic E-state index is 0.729. The third kappa shape index (κ3) is 1.15. The minimum atomic E-state index is 0.729. The molecule has 1 aliphatic carbocycles. The van der Waals surface area contributed by atoms with E-state index in [1.54, 1.807) is 5.57 Å². The molecule has 1 heteroatoms. The molecule has 0 aromatic rings. The van der Waals surface area contributed by atoms with Gasteiger partial charge in [-0.2, -0.15) is 0 Å². The number of hydrogen-bond donors (Lipinski definition) is 0. The fraction of sp³-hybridized carbons (Fsp3) is 0.500. The van der Waals surface area contributed by atoms with Crippen molar-refractivity contribution in [2.24, 2.45) is 10.9 Å². The van der Waals surface area contributed by atoms with E-state index in [1.807, 2.05) is 6.21 Å². The van der Waals surface area contributed by atoms with E-state index < -0.39 is 0 Å². The lowest BCUT2D eigenvalue weighted by Gasteiger charge is -2.21. The Morgan fingerprint density at radius 1 is 1.55 bits per heavy atom. The fourth-order valence-electron chi connectivity index (χ4n) is 1.77. The molecule has 0 N–H and O–H groups in total. The van der Waals surface area contributed by atoms with Crippen molar-refractivity contribution in [2.75, 3.05) is 0 Å². The topological polar surface area (TPSA) is 12.4 Å². The Kier molecular flexibility index (Phi) is 1.65. The van der Waals surface area contributed by atoms with Crippen LogP contribution >= 0.6 is 0 Å². The van der Waals surface area contributed by atoms with Gasteiger partial charge in [-0.05, 0) is 36.8 Å². The van der Waals surface area contributed by atoms with Gasteiger partial charge in [-0.25, -0.2) is 0 Å². The molecule has 1 atom stereocenters. The first-order valence-corrected chi connectivity index (χ1v) is 4.30. The maximum absolute atomic E-state index is 4.37. The number of aliphatic imine (C=N–C) groups is 1. The maximum atomic E-state index is 4.37. The summed E-state index contributed by atoms with van der Waals surface area (Å²) in [4.78, 5) is 4.37. The van der Waals surface area contributed by atoms with Gasteiger partial charge in [-0.15, -0.1) is 0 Å². The van der Waals surface area contributed by atoms with Crippen LogP contribution in [0.25, 0.3) is 0 Å². The second-order valence-electron chi connectivity index (χ2n) is 3.30. The highest BCUT2D eigenvalue weighted by atomic mass is 14.7. The van der Waals surface area contributed by atoms with Crippen molar-refractivity contribution in [3.8, 4) is 0 Å². The summed E-state index contributed by atoms with van der Waals surface area (Å²) in [6.07, 6.45) is 9.98. The van der Waals surface area contributed by atoms with E-state index in [2.05, 4.69) is 24.1 Å². The second kappa shape index (κ2) is 2.65. The van der Waals surface area contributed by atoms with Crippen LogP contribution in [0, 0.1) is 5.92 Å². The van der Waals surface area contributed by atoms with E-state index in [0.717, 1.165) is 12.3 Å². The molecule has 0 amide bonds. The number of hydrogen-bond acceptors (Lipinski definition) is 1. The molecule has 11 heavy (non-hydrogen) atoms. The van der Waals surface area contributed by atoms with Gasteiger partial charge in [-0.1, -0.05) is 13.0 Å². The van der Waals surface area contributed by atoms with Crippen molar-refractivity contribution in [2.45, 2.75) is 26.2 Å². The molecule has 0 saturated heterocycles. The van der Waals surface area contributed by atoms with E-state index in [1.165, 1.54) is 18.5 Å². The van der Waals surface area contributed by atoms with Gasteiger partial charge in [0.1, 0.15) is 0 Å². The molecule has 0 fully saturated rings. The Hall–Kier alpha value is -0.850. The summed E-state index contributed by atoms with van der Waals surface area (Å²) in [6.45, 7) is 2.29. The van der Waals surface area contributed by atoms with Gasteiger partial charge in [0.2, 0.25) is 0 Å². The molecule has 2 rings (SSSR count). The zero-order chi connectivity index (χ0) is 7.68. The van der Waals surface area contributed by atoms with Gasteiger partial charge in [0, 0.05) is 6.21 Å². The highest BCUT2D eigenvalue weighted by Gasteiger charge is 2.16. The largest absolute Gasteiger partial charge is 0.261 e. The first kappa shape index (κ1) is 6.84. The van der Waals surface area contributed by atoms with Crippen LogP contribution in [0.15, 0.2) is 28.4 Å². The summed E-state index contributed by atoms with van der Waals surface area (Å²) >= 11 is 0. The third-order valence-corrected chi connectivity index (χ3v) is 2.46. The minimum Gasteiger partial charge on any atom is -0.261 e. The molecule has 0 radical (unpaired) electrons. The lowest BCUT2D eigenvalue weighted by Crippen LogP contribution is -2.08. The normalized spacial score (nSPS) is 29.0. The SMILES string of the molecule is CC1CC=CC2=C1CCC=N2. The van der Waals surface area contributed by atoms with E-state index >= 15 is 0 Å². The lowest BCUT2D eigenvalue weighted by atomic mass is 9.87. The van der Waals surface area contributed by atoms with E-state index in [9.17, 15) is 0 Å². The Labute approximate surface area is 67.5 Å². The number of rotatable bonds is 0. The average molecular weight is 147 g/mol. The van der Waals surface area contributed by atoms with Crippen molar-refractivity contribution in [3.63, 3.8) is 0 Å². The third-order valence-electron chi connectivity index (χ3n) is 2.46. The van der Waals surface area contributed by atoms with Crippen molar-refractivity contribution < 1.29 is 0 Å². The molecule has 1 unspecified atom stereocenters. The molecule has 0 bridgehead atoms. The molecule has 58 valence electrons. The van der Waals surface area contributed by atoms with Crippen LogP contribution in [-0.2, 0) is 0 Å². The molecule has 0 aromatic carbocycles. The van der Waals surface area contributed by atoms with E-state index in [0.29, 0.717) is 0 Å². The van der Waals surface area contributed by atoms with Gasteiger partial charge in [0.15, 0.2) is 0 Å². The molecule has 0 aromatic heterocycles. The average Bonchev–Trinajstić information content (AvgIpc) is 2.06. The van der Waals surface area contributed by atoms with E-state index in [-0.39, 0.29) is 0 Å². The maximum Gasteiger partial charge on any atom is 0.0617 e. The predicted octanol–water partition coefficient (Wildman–Crippen LogP) is 2.70. The van der Waals surface area contributed by atoms with Gasteiger partial charge < -0.3 is 0 Å². The molecule has 0 saturated carbocycles. The fourth-order valence-corrected chi connectivity index (χ4v) is 1.77. The number of nitrogens with zero attached hydrogens (tertiary/aromatic N) is 1. The van der Waals surface area contributed by atoms with Gasteiger partial charge in [-0.3, -0.25) is 4.99 Å². The van der Waals surface area contributed by atoms with Crippen LogP contribution in [0.2, 0.25) is 0 Å². The van der Waals surface area contributed by atoms with Crippen molar-refractivity contribution in [1.29, 1.82) is 0 Å². The first-order chi connectivity index (χ1) is 5.38. The Balaban J connectivity index is 2.35. The highest BCUT2D eigenvalue weighted by Crippen LogP contribution is 2.30. The zero-order valence-corrected chi connectivity index (χ0v) is 6.88. The summed E-state index contributed by atoms with van der Waals surface area (Å²) in [5, 5.41) is 0. The summed E-state index contributed by atoms with van der Waals surface area (Å²) in [7, 11) is 0. The van der Waals surface area contributed by atoms with Crippen LogP contribution in [0.1, 0.15) is 26.2 Å².